The Bertz CT molecular complexity index is 995. The van der Waals surface area contributed by atoms with Crippen LogP contribution >= 0.6 is 0 Å². The lowest BCUT2D eigenvalue weighted by atomic mass is 10.1. The van der Waals surface area contributed by atoms with Crippen LogP contribution in [0.1, 0.15) is 24.8 Å². The number of amides is 1. The molecular weight excluding hydrogens is 384 g/mol. The van der Waals surface area contributed by atoms with E-state index in [1.807, 2.05) is 31.2 Å². The molecule has 1 heterocycles. The number of esters is 1. The van der Waals surface area contributed by atoms with E-state index in [0.29, 0.717) is 36.1 Å². The van der Waals surface area contributed by atoms with Gasteiger partial charge in [0.1, 0.15) is 5.75 Å². The number of hydrogen-bond donors (Lipinski definition) is 1. The molecule has 0 aliphatic heterocycles. The van der Waals surface area contributed by atoms with Crippen molar-refractivity contribution in [3.05, 3.63) is 66.2 Å². The second-order valence-corrected chi connectivity index (χ2v) is 6.65. The number of carbonyl (C=O) groups is 2. The molecular formula is C23H24N2O5. The first-order valence-electron chi connectivity index (χ1n) is 9.73. The van der Waals surface area contributed by atoms with Gasteiger partial charge in [0.05, 0.1) is 12.8 Å². The molecule has 0 bridgehead atoms. The van der Waals surface area contributed by atoms with Crippen LogP contribution in [-0.4, -0.2) is 30.1 Å². The monoisotopic (exact) mass is 408 g/mol. The molecule has 0 radical (unpaired) electrons. The molecule has 0 fully saturated rings. The molecule has 0 saturated carbocycles. The molecule has 3 rings (SSSR count). The number of rotatable bonds is 9. The zero-order chi connectivity index (χ0) is 21.3. The van der Waals surface area contributed by atoms with Crippen LogP contribution in [0.5, 0.6) is 5.75 Å². The van der Waals surface area contributed by atoms with Gasteiger partial charge in [0, 0.05) is 30.2 Å². The fraction of sp³-hybridized carbons (Fsp3) is 0.261. The summed E-state index contributed by atoms with van der Waals surface area (Å²) in [6.07, 6.45) is 2.28. The SMILES string of the molecule is CCOC(=O)COc1cccc(NC(=O)CCc2ncc(-c3ccc(C)cc3)o2)c1. The minimum absolute atomic E-state index is 0.173. The quantitative estimate of drug-likeness (QED) is 0.535. The molecule has 0 aliphatic rings. The van der Waals surface area contributed by atoms with E-state index in [9.17, 15) is 9.59 Å². The minimum Gasteiger partial charge on any atom is -0.482 e. The molecule has 0 aliphatic carbocycles. The number of nitrogens with zero attached hydrogens (tertiary/aromatic N) is 1. The van der Waals surface area contributed by atoms with Gasteiger partial charge in [0.25, 0.3) is 0 Å². The van der Waals surface area contributed by atoms with Gasteiger partial charge >= 0.3 is 5.97 Å². The van der Waals surface area contributed by atoms with Crippen LogP contribution in [0.25, 0.3) is 11.3 Å². The van der Waals surface area contributed by atoms with Gasteiger partial charge in [-0.15, -0.1) is 0 Å². The van der Waals surface area contributed by atoms with Crippen LogP contribution in [-0.2, 0) is 20.7 Å². The van der Waals surface area contributed by atoms with Gasteiger partial charge < -0.3 is 19.2 Å². The maximum Gasteiger partial charge on any atom is 0.344 e. The molecule has 0 unspecified atom stereocenters. The average Bonchev–Trinajstić information content (AvgIpc) is 3.21. The van der Waals surface area contributed by atoms with E-state index in [2.05, 4.69) is 10.3 Å². The second-order valence-electron chi connectivity index (χ2n) is 6.65. The molecule has 2 aromatic carbocycles. The van der Waals surface area contributed by atoms with E-state index >= 15 is 0 Å². The molecule has 30 heavy (non-hydrogen) atoms. The zero-order valence-corrected chi connectivity index (χ0v) is 17.0. The number of anilines is 1. The van der Waals surface area contributed by atoms with Crippen LogP contribution in [0.4, 0.5) is 5.69 Å². The maximum atomic E-state index is 12.3. The summed E-state index contributed by atoms with van der Waals surface area (Å²) < 4.78 is 15.9. The number of oxazole rings is 1. The van der Waals surface area contributed by atoms with Crippen molar-refractivity contribution < 1.29 is 23.5 Å². The summed E-state index contributed by atoms with van der Waals surface area (Å²) in [7, 11) is 0. The minimum atomic E-state index is -0.442. The highest BCUT2D eigenvalue weighted by Crippen LogP contribution is 2.22. The number of carbonyl (C=O) groups excluding carboxylic acids is 2. The van der Waals surface area contributed by atoms with Crippen LogP contribution in [0.2, 0.25) is 0 Å². The number of nitrogens with one attached hydrogen (secondary N) is 1. The highest BCUT2D eigenvalue weighted by atomic mass is 16.6. The van der Waals surface area contributed by atoms with Gasteiger partial charge in [0.2, 0.25) is 5.91 Å². The first kappa shape index (κ1) is 21.1. The van der Waals surface area contributed by atoms with Crippen molar-refractivity contribution in [2.75, 3.05) is 18.5 Å². The Kier molecular flexibility index (Phi) is 7.21. The van der Waals surface area contributed by atoms with Crippen molar-refractivity contribution in [2.45, 2.75) is 26.7 Å². The van der Waals surface area contributed by atoms with E-state index < -0.39 is 5.97 Å². The predicted octanol–water partition coefficient (Wildman–Crippen LogP) is 4.16. The lowest BCUT2D eigenvalue weighted by Crippen LogP contribution is -2.15. The summed E-state index contributed by atoms with van der Waals surface area (Å²) in [5.74, 6) is 1.04. The first-order valence-corrected chi connectivity index (χ1v) is 9.73. The smallest absolute Gasteiger partial charge is 0.344 e. The number of aromatic nitrogens is 1. The molecule has 156 valence electrons. The standard InChI is InChI=1S/C23H24N2O5/c1-3-28-23(27)15-29-19-6-4-5-18(13-19)25-21(26)11-12-22-24-14-20(30-22)17-9-7-16(2)8-10-17/h4-10,13-14H,3,11-12,15H2,1-2H3,(H,25,26). The highest BCUT2D eigenvalue weighted by Gasteiger charge is 2.10. The van der Waals surface area contributed by atoms with E-state index in [0.717, 1.165) is 5.56 Å². The lowest BCUT2D eigenvalue weighted by molar-refractivity contribution is -0.145. The summed E-state index contributed by atoms with van der Waals surface area (Å²) in [4.78, 5) is 27.9. The van der Waals surface area contributed by atoms with E-state index in [1.165, 1.54) is 5.56 Å². The third kappa shape index (κ3) is 6.20. The van der Waals surface area contributed by atoms with Gasteiger partial charge in [0.15, 0.2) is 18.3 Å². The summed E-state index contributed by atoms with van der Waals surface area (Å²) in [5, 5.41) is 2.81. The van der Waals surface area contributed by atoms with Crippen molar-refractivity contribution in [3.63, 3.8) is 0 Å². The second kappa shape index (κ2) is 10.2. The Morgan fingerprint density at radius 3 is 2.70 bits per heavy atom. The Labute approximate surface area is 175 Å². The van der Waals surface area contributed by atoms with Gasteiger partial charge in [-0.2, -0.15) is 0 Å². The third-order valence-electron chi connectivity index (χ3n) is 4.24. The first-order chi connectivity index (χ1) is 14.5. The Morgan fingerprint density at radius 1 is 1.13 bits per heavy atom. The van der Waals surface area contributed by atoms with Crippen LogP contribution in [0, 0.1) is 6.92 Å². The van der Waals surface area contributed by atoms with E-state index in [-0.39, 0.29) is 18.9 Å². The molecule has 0 spiro atoms. The maximum absolute atomic E-state index is 12.3. The Balaban J connectivity index is 1.49. The molecule has 1 amide bonds. The number of aryl methyl sites for hydroxylation is 2. The molecule has 7 nitrogen and oxygen atoms in total. The fourth-order valence-corrected chi connectivity index (χ4v) is 2.73. The van der Waals surface area contributed by atoms with Crippen molar-refractivity contribution in [1.29, 1.82) is 0 Å². The number of benzene rings is 2. The summed E-state index contributed by atoms with van der Waals surface area (Å²) >= 11 is 0. The number of hydrogen-bond acceptors (Lipinski definition) is 6. The van der Waals surface area contributed by atoms with Crippen molar-refractivity contribution in [1.82, 2.24) is 4.98 Å². The Morgan fingerprint density at radius 2 is 1.93 bits per heavy atom. The van der Waals surface area contributed by atoms with Crippen molar-refractivity contribution in [2.24, 2.45) is 0 Å². The van der Waals surface area contributed by atoms with E-state index in [1.54, 1.807) is 37.4 Å². The number of ether oxygens (including phenoxy) is 2. The fourth-order valence-electron chi connectivity index (χ4n) is 2.73. The van der Waals surface area contributed by atoms with Crippen LogP contribution < -0.4 is 10.1 Å². The van der Waals surface area contributed by atoms with Gasteiger partial charge in [-0.3, -0.25) is 4.79 Å². The molecule has 0 atom stereocenters. The zero-order valence-electron chi connectivity index (χ0n) is 17.0. The van der Waals surface area contributed by atoms with Gasteiger partial charge in [-0.25, -0.2) is 9.78 Å². The lowest BCUT2D eigenvalue weighted by Gasteiger charge is -2.08. The Hall–Kier alpha value is -3.61. The van der Waals surface area contributed by atoms with Gasteiger partial charge in [-0.1, -0.05) is 35.9 Å². The highest BCUT2D eigenvalue weighted by molar-refractivity contribution is 5.91. The van der Waals surface area contributed by atoms with E-state index in [4.69, 9.17) is 13.9 Å². The molecule has 1 aromatic heterocycles. The molecule has 7 heteroatoms. The van der Waals surface area contributed by atoms with Gasteiger partial charge in [-0.05, 0) is 26.0 Å². The summed E-state index contributed by atoms with van der Waals surface area (Å²) in [6, 6.07) is 14.8. The van der Waals surface area contributed by atoms with Crippen molar-refractivity contribution >= 4 is 17.6 Å². The third-order valence-corrected chi connectivity index (χ3v) is 4.24. The average molecular weight is 408 g/mol. The summed E-state index contributed by atoms with van der Waals surface area (Å²) in [5.41, 5.74) is 2.70. The molecule has 3 aromatic rings. The summed E-state index contributed by atoms with van der Waals surface area (Å²) in [6.45, 7) is 3.88. The molecule has 1 N–H and O–H groups in total. The van der Waals surface area contributed by atoms with Crippen molar-refractivity contribution in [3.8, 4) is 17.1 Å². The van der Waals surface area contributed by atoms with Crippen LogP contribution in [0.3, 0.4) is 0 Å². The molecule has 0 saturated heterocycles. The topological polar surface area (TPSA) is 90.7 Å². The van der Waals surface area contributed by atoms with Crippen LogP contribution in [0.15, 0.2) is 59.1 Å². The largest absolute Gasteiger partial charge is 0.482 e. The predicted molar refractivity (Wildman–Crippen MR) is 112 cm³/mol. The normalized spacial score (nSPS) is 10.5.